The number of nitro groups is 1. The van der Waals surface area contributed by atoms with Crippen molar-refractivity contribution in [1.82, 2.24) is 9.88 Å². The maximum atomic E-state index is 12.5. The molecule has 1 N–H and O–H groups in total. The van der Waals surface area contributed by atoms with Gasteiger partial charge in [0.1, 0.15) is 0 Å². The number of rotatable bonds is 6. The van der Waals surface area contributed by atoms with Crippen molar-refractivity contribution >= 4 is 28.5 Å². The number of nitro benzene ring substituents is 1. The maximum Gasteiger partial charge on any atom is 0.303 e. The molecule has 1 aromatic carbocycles. The van der Waals surface area contributed by atoms with Crippen LogP contribution in [0.1, 0.15) is 23.2 Å². The van der Waals surface area contributed by atoms with Crippen molar-refractivity contribution in [3.8, 4) is 0 Å². The Morgan fingerprint density at radius 3 is 2.74 bits per heavy atom. The number of non-ortho nitro benzene ring substituents is 1. The summed E-state index contributed by atoms with van der Waals surface area (Å²) in [5.41, 5.74) is 0.402. The zero-order valence-corrected chi connectivity index (χ0v) is 12.4. The molecule has 0 saturated heterocycles. The number of aromatic nitrogens is 1. The third-order valence-electron chi connectivity index (χ3n) is 3.40. The number of benzene rings is 1. The van der Waals surface area contributed by atoms with E-state index in [0.29, 0.717) is 11.8 Å². The standard InChI is InChI=1S/C15H15N3O5/c1-17(9-3-5-13(19)20)15(21)11-6-7-12(18(22)23)10-4-2-8-16-14(10)11/h2,4,6-8H,3,5,9H2,1H3,(H,19,20). The van der Waals surface area contributed by atoms with E-state index in [-0.39, 0.29) is 35.6 Å². The predicted molar refractivity (Wildman–Crippen MR) is 82.2 cm³/mol. The van der Waals surface area contributed by atoms with Gasteiger partial charge in [-0.2, -0.15) is 0 Å². The molecular formula is C15H15N3O5. The van der Waals surface area contributed by atoms with E-state index in [1.54, 1.807) is 19.2 Å². The molecule has 0 spiro atoms. The molecule has 1 aromatic heterocycles. The number of amides is 1. The molecule has 1 amide bonds. The van der Waals surface area contributed by atoms with Gasteiger partial charge in [-0.1, -0.05) is 0 Å². The normalized spacial score (nSPS) is 10.5. The number of carbonyl (C=O) groups excluding carboxylic acids is 1. The summed E-state index contributed by atoms with van der Waals surface area (Å²) in [6.45, 7) is 0.274. The first-order chi connectivity index (χ1) is 10.9. The lowest BCUT2D eigenvalue weighted by atomic mass is 10.1. The number of carboxylic acids is 1. The number of carbonyl (C=O) groups is 2. The zero-order chi connectivity index (χ0) is 17.0. The summed E-state index contributed by atoms with van der Waals surface area (Å²) >= 11 is 0. The summed E-state index contributed by atoms with van der Waals surface area (Å²) in [6.07, 6.45) is 1.76. The van der Waals surface area contributed by atoms with E-state index in [9.17, 15) is 19.7 Å². The Hall–Kier alpha value is -3.03. The van der Waals surface area contributed by atoms with Crippen molar-refractivity contribution in [2.75, 3.05) is 13.6 Å². The van der Waals surface area contributed by atoms with Crippen LogP contribution < -0.4 is 0 Å². The summed E-state index contributed by atoms with van der Waals surface area (Å²) in [5, 5.41) is 20.0. The van der Waals surface area contributed by atoms with Gasteiger partial charge in [-0.05, 0) is 24.6 Å². The van der Waals surface area contributed by atoms with E-state index in [4.69, 9.17) is 5.11 Å². The first kappa shape index (κ1) is 16.3. The molecule has 120 valence electrons. The largest absolute Gasteiger partial charge is 0.481 e. The second kappa shape index (κ2) is 6.82. The van der Waals surface area contributed by atoms with Crippen LogP contribution in [0, 0.1) is 10.1 Å². The summed E-state index contributed by atoms with van der Waals surface area (Å²) in [4.78, 5) is 39.0. The van der Waals surface area contributed by atoms with Gasteiger partial charge >= 0.3 is 5.97 Å². The zero-order valence-electron chi connectivity index (χ0n) is 12.4. The quantitative estimate of drug-likeness (QED) is 0.644. The van der Waals surface area contributed by atoms with Gasteiger partial charge in [0.25, 0.3) is 11.6 Å². The molecule has 0 unspecified atom stereocenters. The van der Waals surface area contributed by atoms with Crippen LogP contribution in [0.15, 0.2) is 30.5 Å². The van der Waals surface area contributed by atoms with Gasteiger partial charge in [-0.15, -0.1) is 0 Å². The average molecular weight is 317 g/mol. The maximum absolute atomic E-state index is 12.5. The number of nitrogens with zero attached hydrogens (tertiary/aromatic N) is 3. The van der Waals surface area contributed by atoms with E-state index in [1.165, 1.54) is 23.2 Å². The molecule has 0 fully saturated rings. The molecule has 2 rings (SSSR count). The average Bonchev–Trinajstić information content (AvgIpc) is 2.52. The molecule has 0 aliphatic rings. The minimum absolute atomic E-state index is 0.0309. The Balaban J connectivity index is 2.32. The molecule has 0 radical (unpaired) electrons. The predicted octanol–water partition coefficient (Wildman–Crippen LogP) is 2.08. The van der Waals surface area contributed by atoms with Crippen molar-refractivity contribution in [3.63, 3.8) is 0 Å². The Morgan fingerprint density at radius 1 is 1.35 bits per heavy atom. The molecule has 1 heterocycles. The second-order valence-electron chi connectivity index (χ2n) is 5.01. The fourth-order valence-electron chi connectivity index (χ4n) is 2.26. The van der Waals surface area contributed by atoms with E-state index >= 15 is 0 Å². The lowest BCUT2D eigenvalue weighted by Gasteiger charge is -2.17. The third kappa shape index (κ3) is 3.60. The Bertz CT molecular complexity index is 775. The first-order valence-corrected chi connectivity index (χ1v) is 6.91. The summed E-state index contributed by atoms with van der Waals surface area (Å²) < 4.78 is 0. The van der Waals surface area contributed by atoms with Crippen LogP contribution in [0.2, 0.25) is 0 Å². The lowest BCUT2D eigenvalue weighted by Crippen LogP contribution is -2.28. The van der Waals surface area contributed by atoms with Crippen molar-refractivity contribution in [3.05, 3.63) is 46.1 Å². The molecule has 0 aliphatic heterocycles. The minimum atomic E-state index is -0.923. The molecule has 0 bridgehead atoms. The van der Waals surface area contributed by atoms with Crippen LogP contribution in [0.4, 0.5) is 5.69 Å². The number of hydrogen-bond donors (Lipinski definition) is 1. The number of carboxylic acid groups (broad SMARTS) is 1. The highest BCUT2D eigenvalue weighted by molar-refractivity contribution is 6.07. The third-order valence-corrected chi connectivity index (χ3v) is 3.40. The highest BCUT2D eigenvalue weighted by Gasteiger charge is 2.20. The summed E-state index contributed by atoms with van der Waals surface area (Å²) in [6, 6.07) is 5.77. The van der Waals surface area contributed by atoms with Crippen LogP contribution in [0.3, 0.4) is 0 Å². The summed E-state index contributed by atoms with van der Waals surface area (Å²) in [7, 11) is 1.56. The fourth-order valence-corrected chi connectivity index (χ4v) is 2.26. The molecule has 0 atom stereocenters. The van der Waals surface area contributed by atoms with Gasteiger partial charge in [-0.3, -0.25) is 24.7 Å². The van der Waals surface area contributed by atoms with Gasteiger partial charge in [0, 0.05) is 32.3 Å². The van der Waals surface area contributed by atoms with Crippen molar-refractivity contribution in [2.24, 2.45) is 0 Å². The second-order valence-corrected chi connectivity index (χ2v) is 5.01. The van der Waals surface area contributed by atoms with Gasteiger partial charge < -0.3 is 10.0 Å². The van der Waals surface area contributed by atoms with E-state index in [2.05, 4.69) is 4.98 Å². The Morgan fingerprint density at radius 2 is 2.09 bits per heavy atom. The summed E-state index contributed by atoms with van der Waals surface area (Å²) in [5.74, 6) is -1.28. The van der Waals surface area contributed by atoms with Crippen LogP contribution in [0.25, 0.3) is 10.9 Å². The van der Waals surface area contributed by atoms with Crippen molar-refractivity contribution in [1.29, 1.82) is 0 Å². The fraction of sp³-hybridized carbons (Fsp3) is 0.267. The number of pyridine rings is 1. The van der Waals surface area contributed by atoms with E-state index in [0.717, 1.165) is 0 Å². The minimum Gasteiger partial charge on any atom is -0.481 e. The van der Waals surface area contributed by atoms with Crippen molar-refractivity contribution < 1.29 is 19.6 Å². The topological polar surface area (TPSA) is 114 Å². The van der Waals surface area contributed by atoms with Crippen LogP contribution in [-0.2, 0) is 4.79 Å². The van der Waals surface area contributed by atoms with E-state index < -0.39 is 10.9 Å². The van der Waals surface area contributed by atoms with Gasteiger partial charge in [-0.25, -0.2) is 0 Å². The number of aliphatic carboxylic acids is 1. The smallest absolute Gasteiger partial charge is 0.303 e. The first-order valence-electron chi connectivity index (χ1n) is 6.91. The highest BCUT2D eigenvalue weighted by atomic mass is 16.6. The van der Waals surface area contributed by atoms with Crippen molar-refractivity contribution in [2.45, 2.75) is 12.8 Å². The molecule has 23 heavy (non-hydrogen) atoms. The molecule has 2 aromatic rings. The Kier molecular flexibility index (Phi) is 4.85. The van der Waals surface area contributed by atoms with Crippen LogP contribution in [-0.4, -0.2) is 45.4 Å². The highest BCUT2D eigenvalue weighted by Crippen LogP contribution is 2.27. The number of fused-ring (bicyclic) bond motifs is 1. The molecule has 8 heteroatoms. The number of hydrogen-bond acceptors (Lipinski definition) is 5. The molecule has 0 saturated carbocycles. The van der Waals surface area contributed by atoms with Gasteiger partial charge in [0.2, 0.25) is 0 Å². The SMILES string of the molecule is CN(CCCC(=O)O)C(=O)c1ccc([N+](=O)[O-])c2cccnc12. The monoisotopic (exact) mass is 317 g/mol. The van der Waals surface area contributed by atoms with Crippen LogP contribution >= 0.6 is 0 Å². The van der Waals surface area contributed by atoms with Gasteiger partial charge in [0.15, 0.2) is 0 Å². The Labute approximate surface area is 131 Å². The molecule has 8 nitrogen and oxygen atoms in total. The van der Waals surface area contributed by atoms with Gasteiger partial charge in [0.05, 0.1) is 21.4 Å². The van der Waals surface area contributed by atoms with Crippen LogP contribution in [0.5, 0.6) is 0 Å². The van der Waals surface area contributed by atoms with E-state index in [1.807, 2.05) is 0 Å². The molecular weight excluding hydrogens is 302 g/mol. The molecule has 0 aliphatic carbocycles. The lowest BCUT2D eigenvalue weighted by molar-refractivity contribution is -0.383.